The number of nitrogens with one attached hydrogen (secondary N) is 1. The summed E-state index contributed by atoms with van der Waals surface area (Å²) in [5.74, 6) is -1.56. The number of piperidine rings is 1. The van der Waals surface area contributed by atoms with E-state index >= 15 is 0 Å². The van der Waals surface area contributed by atoms with Crippen molar-refractivity contribution in [2.45, 2.75) is 30.8 Å². The standard InChI is InChI=1S/C16H19F3N2O4/c1-25-10-9-21-14(23)12(7-8-15(21,24)16(17,18)19)20-13(22)11-5-3-2-4-6-11/h2-6,12,24H,7-10H2,1H3,(H,20,22)/t12-,15-/m1/s1. The van der Waals surface area contributed by atoms with E-state index in [0.717, 1.165) is 0 Å². The number of amides is 2. The van der Waals surface area contributed by atoms with Crippen LogP contribution in [-0.2, 0) is 9.53 Å². The summed E-state index contributed by atoms with van der Waals surface area (Å²) in [6, 6.07) is 6.87. The summed E-state index contributed by atoms with van der Waals surface area (Å²) in [5, 5.41) is 12.5. The van der Waals surface area contributed by atoms with Crippen molar-refractivity contribution in [3.8, 4) is 0 Å². The van der Waals surface area contributed by atoms with E-state index in [1.165, 1.54) is 19.2 Å². The predicted molar refractivity (Wildman–Crippen MR) is 81.5 cm³/mol. The average Bonchev–Trinajstić information content (AvgIpc) is 2.57. The minimum atomic E-state index is -5.01. The third-order valence-electron chi connectivity index (χ3n) is 4.11. The highest BCUT2D eigenvalue weighted by Gasteiger charge is 2.61. The van der Waals surface area contributed by atoms with E-state index in [1.54, 1.807) is 18.2 Å². The zero-order valence-electron chi connectivity index (χ0n) is 13.5. The van der Waals surface area contributed by atoms with Crippen molar-refractivity contribution < 1.29 is 32.6 Å². The summed E-state index contributed by atoms with van der Waals surface area (Å²) in [6.45, 7) is -0.619. The number of hydrogen-bond donors (Lipinski definition) is 2. The molecule has 1 aromatic rings. The van der Waals surface area contributed by atoms with Crippen LogP contribution in [0.5, 0.6) is 0 Å². The number of alkyl halides is 3. The minimum Gasteiger partial charge on any atom is -0.383 e. The molecule has 1 aliphatic heterocycles. The zero-order valence-corrected chi connectivity index (χ0v) is 13.5. The molecule has 1 heterocycles. The second-order valence-electron chi connectivity index (χ2n) is 5.73. The molecule has 0 unspecified atom stereocenters. The van der Waals surface area contributed by atoms with Crippen molar-refractivity contribution >= 4 is 11.8 Å². The number of ether oxygens (including phenoxy) is 1. The number of methoxy groups -OCH3 is 1. The fraction of sp³-hybridized carbons (Fsp3) is 0.500. The highest BCUT2D eigenvalue weighted by Crippen LogP contribution is 2.40. The Morgan fingerprint density at radius 2 is 2.04 bits per heavy atom. The highest BCUT2D eigenvalue weighted by molar-refractivity contribution is 5.97. The largest absolute Gasteiger partial charge is 0.436 e. The van der Waals surface area contributed by atoms with Crippen LogP contribution in [0.3, 0.4) is 0 Å². The lowest BCUT2D eigenvalue weighted by Crippen LogP contribution is -2.68. The van der Waals surface area contributed by atoms with Gasteiger partial charge in [-0.05, 0) is 18.6 Å². The highest BCUT2D eigenvalue weighted by atomic mass is 19.4. The van der Waals surface area contributed by atoms with Crippen molar-refractivity contribution in [2.75, 3.05) is 20.3 Å². The normalized spacial score (nSPS) is 24.3. The van der Waals surface area contributed by atoms with Crippen molar-refractivity contribution in [1.29, 1.82) is 0 Å². The van der Waals surface area contributed by atoms with Gasteiger partial charge in [0.25, 0.3) is 5.91 Å². The van der Waals surface area contributed by atoms with Gasteiger partial charge in [0, 0.05) is 25.6 Å². The van der Waals surface area contributed by atoms with Crippen molar-refractivity contribution in [2.24, 2.45) is 0 Å². The van der Waals surface area contributed by atoms with Crippen LogP contribution in [0.15, 0.2) is 30.3 Å². The van der Waals surface area contributed by atoms with Gasteiger partial charge in [0.15, 0.2) is 0 Å². The average molecular weight is 360 g/mol. The van der Waals surface area contributed by atoms with E-state index in [0.29, 0.717) is 4.90 Å². The van der Waals surface area contributed by atoms with Gasteiger partial charge in [0.2, 0.25) is 11.6 Å². The smallest absolute Gasteiger partial charge is 0.383 e. The van der Waals surface area contributed by atoms with Crippen LogP contribution in [0, 0.1) is 0 Å². The number of aliphatic hydroxyl groups is 1. The Hall–Kier alpha value is -2.13. The number of benzene rings is 1. The molecule has 1 fully saturated rings. The Balaban J connectivity index is 2.18. The van der Waals surface area contributed by atoms with Gasteiger partial charge in [-0.1, -0.05) is 18.2 Å². The molecule has 0 radical (unpaired) electrons. The van der Waals surface area contributed by atoms with Crippen LogP contribution in [-0.4, -0.2) is 60.0 Å². The number of hydrogen-bond acceptors (Lipinski definition) is 4. The van der Waals surface area contributed by atoms with Gasteiger partial charge in [-0.2, -0.15) is 13.2 Å². The van der Waals surface area contributed by atoms with Gasteiger partial charge < -0.3 is 20.1 Å². The first-order chi connectivity index (χ1) is 11.7. The van der Waals surface area contributed by atoms with Crippen LogP contribution in [0.2, 0.25) is 0 Å². The number of carbonyl (C=O) groups excluding carboxylic acids is 2. The fourth-order valence-electron chi connectivity index (χ4n) is 2.71. The molecule has 0 aliphatic carbocycles. The molecular weight excluding hydrogens is 341 g/mol. The first-order valence-electron chi connectivity index (χ1n) is 7.66. The van der Waals surface area contributed by atoms with E-state index < -0.39 is 42.7 Å². The molecule has 2 atom stereocenters. The monoisotopic (exact) mass is 360 g/mol. The number of rotatable bonds is 5. The molecule has 2 amide bonds. The number of nitrogens with zero attached hydrogens (tertiary/aromatic N) is 1. The molecule has 2 rings (SSSR count). The second kappa shape index (κ2) is 7.40. The van der Waals surface area contributed by atoms with E-state index in [2.05, 4.69) is 5.32 Å². The summed E-state index contributed by atoms with van der Waals surface area (Å²) in [6.07, 6.45) is -6.06. The van der Waals surface area contributed by atoms with Gasteiger partial charge in [0.1, 0.15) is 6.04 Å². The summed E-state index contributed by atoms with van der Waals surface area (Å²) in [5.41, 5.74) is -2.98. The van der Waals surface area contributed by atoms with Gasteiger partial charge in [-0.3, -0.25) is 9.59 Å². The molecule has 0 saturated carbocycles. The Morgan fingerprint density at radius 1 is 1.40 bits per heavy atom. The summed E-state index contributed by atoms with van der Waals surface area (Å²) in [4.78, 5) is 24.9. The molecule has 138 valence electrons. The number of halogens is 3. The van der Waals surface area contributed by atoms with Crippen LogP contribution >= 0.6 is 0 Å². The Kier molecular flexibility index (Phi) is 5.69. The van der Waals surface area contributed by atoms with Crippen molar-refractivity contribution in [1.82, 2.24) is 10.2 Å². The molecule has 1 aromatic carbocycles. The summed E-state index contributed by atoms with van der Waals surface area (Å²) >= 11 is 0. The molecule has 6 nitrogen and oxygen atoms in total. The van der Waals surface area contributed by atoms with Crippen LogP contribution in [0.4, 0.5) is 13.2 Å². The van der Waals surface area contributed by atoms with E-state index in [1.807, 2.05) is 0 Å². The quantitative estimate of drug-likeness (QED) is 0.830. The fourth-order valence-corrected chi connectivity index (χ4v) is 2.71. The van der Waals surface area contributed by atoms with Crippen molar-refractivity contribution in [3.05, 3.63) is 35.9 Å². The van der Waals surface area contributed by atoms with E-state index in [9.17, 15) is 27.9 Å². The van der Waals surface area contributed by atoms with Gasteiger partial charge >= 0.3 is 6.18 Å². The maximum absolute atomic E-state index is 13.3. The molecule has 0 aromatic heterocycles. The Bertz CT molecular complexity index is 624. The Labute approximate surface area is 142 Å². The van der Waals surface area contributed by atoms with Gasteiger partial charge in [0.05, 0.1) is 6.61 Å². The lowest BCUT2D eigenvalue weighted by atomic mass is 9.93. The predicted octanol–water partition coefficient (Wildman–Crippen LogP) is 1.30. The summed E-state index contributed by atoms with van der Waals surface area (Å²) in [7, 11) is 1.27. The minimum absolute atomic E-state index is 0.177. The van der Waals surface area contributed by atoms with Crippen LogP contribution < -0.4 is 5.32 Å². The Morgan fingerprint density at radius 3 is 2.60 bits per heavy atom. The van der Waals surface area contributed by atoms with Crippen molar-refractivity contribution in [3.63, 3.8) is 0 Å². The van der Waals surface area contributed by atoms with Gasteiger partial charge in [-0.15, -0.1) is 0 Å². The van der Waals surface area contributed by atoms with Crippen LogP contribution in [0.1, 0.15) is 23.2 Å². The lowest BCUT2D eigenvalue weighted by molar-refractivity contribution is -0.318. The van der Waals surface area contributed by atoms with E-state index in [-0.39, 0.29) is 18.6 Å². The zero-order chi connectivity index (χ0) is 18.7. The first kappa shape index (κ1) is 19.2. The number of likely N-dealkylation sites (tertiary alicyclic amines) is 1. The molecule has 9 heteroatoms. The summed E-state index contributed by atoms with van der Waals surface area (Å²) < 4.78 is 44.5. The van der Waals surface area contributed by atoms with E-state index in [4.69, 9.17) is 4.74 Å². The number of carbonyl (C=O) groups is 2. The third kappa shape index (κ3) is 3.93. The lowest BCUT2D eigenvalue weighted by Gasteiger charge is -2.46. The van der Waals surface area contributed by atoms with Gasteiger partial charge in [-0.25, -0.2) is 0 Å². The maximum atomic E-state index is 13.3. The molecule has 0 spiro atoms. The van der Waals surface area contributed by atoms with Crippen LogP contribution in [0.25, 0.3) is 0 Å². The second-order valence-corrected chi connectivity index (χ2v) is 5.73. The first-order valence-corrected chi connectivity index (χ1v) is 7.66. The molecular formula is C16H19F3N2O4. The molecule has 1 saturated heterocycles. The topological polar surface area (TPSA) is 78.9 Å². The SMILES string of the molecule is COCCN1C(=O)[C@H](NC(=O)c2ccccc2)CC[C@@]1(O)C(F)(F)F. The molecule has 1 aliphatic rings. The molecule has 0 bridgehead atoms. The molecule has 2 N–H and O–H groups in total. The molecule has 25 heavy (non-hydrogen) atoms. The maximum Gasteiger partial charge on any atom is 0.436 e. The third-order valence-corrected chi connectivity index (χ3v) is 4.11.